The standard InChI is InChI=1S/C25H28N2O4/c1-26(2)12-18-4-6-19(7-5-18)16-31-25-17-30-23(11-24(25)28)15-27-13-20-8-9-22(29-3)10-21(20)14-27/h4-11,17H,12-16H2,1-3H3. The van der Waals surface area contributed by atoms with Crippen LogP contribution in [-0.2, 0) is 32.8 Å². The van der Waals surface area contributed by atoms with Crippen molar-refractivity contribution in [2.24, 2.45) is 0 Å². The zero-order valence-electron chi connectivity index (χ0n) is 18.3. The maximum absolute atomic E-state index is 12.5. The summed E-state index contributed by atoms with van der Waals surface area (Å²) in [6.45, 7) is 3.42. The van der Waals surface area contributed by atoms with E-state index >= 15 is 0 Å². The summed E-state index contributed by atoms with van der Waals surface area (Å²) in [5, 5.41) is 0. The number of nitrogens with zero attached hydrogens (tertiary/aromatic N) is 2. The van der Waals surface area contributed by atoms with E-state index in [1.807, 2.05) is 32.3 Å². The molecular weight excluding hydrogens is 392 g/mol. The molecule has 1 aliphatic rings. The van der Waals surface area contributed by atoms with Gasteiger partial charge in [0.25, 0.3) is 0 Å². The predicted molar refractivity (Wildman–Crippen MR) is 119 cm³/mol. The van der Waals surface area contributed by atoms with Gasteiger partial charge in [-0.25, -0.2) is 0 Å². The van der Waals surface area contributed by atoms with Gasteiger partial charge < -0.3 is 18.8 Å². The van der Waals surface area contributed by atoms with E-state index < -0.39 is 0 Å². The second kappa shape index (κ2) is 9.37. The minimum Gasteiger partial charge on any atom is -0.497 e. The zero-order valence-corrected chi connectivity index (χ0v) is 18.3. The lowest BCUT2D eigenvalue weighted by Crippen LogP contribution is -2.17. The fourth-order valence-corrected chi connectivity index (χ4v) is 3.79. The van der Waals surface area contributed by atoms with Gasteiger partial charge in [-0.15, -0.1) is 0 Å². The van der Waals surface area contributed by atoms with Crippen LogP contribution in [0.3, 0.4) is 0 Å². The minimum atomic E-state index is -0.163. The van der Waals surface area contributed by atoms with Crippen molar-refractivity contribution < 1.29 is 13.9 Å². The lowest BCUT2D eigenvalue weighted by molar-refractivity contribution is 0.241. The summed E-state index contributed by atoms with van der Waals surface area (Å²) >= 11 is 0. The second-order valence-electron chi connectivity index (χ2n) is 8.20. The molecule has 0 bridgehead atoms. The normalized spacial score (nSPS) is 13.4. The van der Waals surface area contributed by atoms with Gasteiger partial charge in [0, 0.05) is 25.7 Å². The van der Waals surface area contributed by atoms with Gasteiger partial charge in [0.2, 0.25) is 11.2 Å². The van der Waals surface area contributed by atoms with Crippen LogP contribution < -0.4 is 14.9 Å². The average Bonchev–Trinajstić information content (AvgIpc) is 3.15. The van der Waals surface area contributed by atoms with Crippen molar-refractivity contribution in [3.63, 3.8) is 0 Å². The zero-order chi connectivity index (χ0) is 21.8. The van der Waals surface area contributed by atoms with E-state index in [9.17, 15) is 4.79 Å². The summed E-state index contributed by atoms with van der Waals surface area (Å²) in [6, 6.07) is 15.9. The summed E-state index contributed by atoms with van der Waals surface area (Å²) in [6.07, 6.45) is 1.42. The van der Waals surface area contributed by atoms with Crippen LogP contribution in [0.4, 0.5) is 0 Å². The van der Waals surface area contributed by atoms with Gasteiger partial charge in [0.1, 0.15) is 24.4 Å². The Kier molecular flexibility index (Phi) is 6.39. The van der Waals surface area contributed by atoms with E-state index in [-0.39, 0.29) is 11.2 Å². The molecule has 4 rings (SSSR count). The maximum Gasteiger partial charge on any atom is 0.227 e. The van der Waals surface area contributed by atoms with Crippen LogP contribution in [0, 0.1) is 0 Å². The van der Waals surface area contributed by atoms with Crippen LogP contribution in [0.5, 0.6) is 11.5 Å². The highest BCUT2D eigenvalue weighted by molar-refractivity contribution is 5.38. The molecular formula is C25H28N2O4. The third-order valence-electron chi connectivity index (χ3n) is 5.35. The molecule has 6 nitrogen and oxygen atoms in total. The Labute approximate surface area is 182 Å². The van der Waals surface area contributed by atoms with Crippen molar-refractivity contribution in [3.05, 3.63) is 93.0 Å². The molecule has 0 unspecified atom stereocenters. The fourth-order valence-electron chi connectivity index (χ4n) is 3.79. The SMILES string of the molecule is COc1ccc2c(c1)CN(Cc1cc(=O)c(OCc3ccc(CN(C)C)cc3)co1)C2. The summed E-state index contributed by atoms with van der Waals surface area (Å²) in [5.41, 5.74) is 4.61. The largest absolute Gasteiger partial charge is 0.497 e. The summed E-state index contributed by atoms with van der Waals surface area (Å²) in [5.74, 6) is 1.72. The lowest BCUT2D eigenvalue weighted by Gasteiger charge is -2.14. The lowest BCUT2D eigenvalue weighted by atomic mass is 10.1. The smallest absolute Gasteiger partial charge is 0.227 e. The van der Waals surface area contributed by atoms with Crippen molar-refractivity contribution in [2.45, 2.75) is 32.8 Å². The topological polar surface area (TPSA) is 55.1 Å². The highest BCUT2D eigenvalue weighted by atomic mass is 16.5. The molecule has 0 N–H and O–H groups in total. The summed E-state index contributed by atoms with van der Waals surface area (Å²) < 4.78 is 16.7. The Morgan fingerprint density at radius 2 is 1.74 bits per heavy atom. The predicted octanol–water partition coefficient (Wildman–Crippen LogP) is 3.80. The molecule has 162 valence electrons. The minimum absolute atomic E-state index is 0.163. The van der Waals surface area contributed by atoms with E-state index in [2.05, 4.69) is 34.1 Å². The fraction of sp³-hybridized carbons (Fsp3) is 0.320. The number of benzene rings is 2. The van der Waals surface area contributed by atoms with Gasteiger partial charge >= 0.3 is 0 Å². The van der Waals surface area contributed by atoms with Crippen molar-refractivity contribution in [3.8, 4) is 11.5 Å². The number of fused-ring (bicyclic) bond motifs is 1. The Morgan fingerprint density at radius 1 is 1.00 bits per heavy atom. The average molecular weight is 421 g/mol. The number of hydrogen-bond acceptors (Lipinski definition) is 6. The number of hydrogen-bond donors (Lipinski definition) is 0. The molecule has 31 heavy (non-hydrogen) atoms. The third kappa shape index (κ3) is 5.34. The highest BCUT2D eigenvalue weighted by Gasteiger charge is 2.20. The Hall–Kier alpha value is -3.09. The molecule has 0 spiro atoms. The van der Waals surface area contributed by atoms with E-state index in [0.717, 1.165) is 30.9 Å². The van der Waals surface area contributed by atoms with E-state index in [1.165, 1.54) is 29.0 Å². The Balaban J connectivity index is 1.34. The number of methoxy groups -OCH3 is 1. The number of ether oxygens (including phenoxy) is 2. The molecule has 2 heterocycles. The van der Waals surface area contributed by atoms with Gasteiger partial charge in [-0.3, -0.25) is 9.69 Å². The molecule has 0 saturated carbocycles. The van der Waals surface area contributed by atoms with Crippen molar-refractivity contribution in [1.29, 1.82) is 0 Å². The van der Waals surface area contributed by atoms with Gasteiger partial charge in [0.05, 0.1) is 13.7 Å². The second-order valence-corrected chi connectivity index (χ2v) is 8.20. The monoisotopic (exact) mass is 420 g/mol. The maximum atomic E-state index is 12.5. The quantitative estimate of drug-likeness (QED) is 0.553. The first-order valence-electron chi connectivity index (χ1n) is 10.4. The van der Waals surface area contributed by atoms with Gasteiger partial charge in [-0.2, -0.15) is 0 Å². The van der Waals surface area contributed by atoms with Crippen LogP contribution >= 0.6 is 0 Å². The first-order chi connectivity index (χ1) is 15.0. The van der Waals surface area contributed by atoms with Crippen molar-refractivity contribution in [2.75, 3.05) is 21.2 Å². The van der Waals surface area contributed by atoms with E-state index in [1.54, 1.807) is 7.11 Å². The Morgan fingerprint density at radius 3 is 2.45 bits per heavy atom. The van der Waals surface area contributed by atoms with Gasteiger partial charge in [-0.1, -0.05) is 30.3 Å². The van der Waals surface area contributed by atoms with Crippen LogP contribution in [0.1, 0.15) is 28.0 Å². The highest BCUT2D eigenvalue weighted by Crippen LogP contribution is 2.27. The molecule has 6 heteroatoms. The molecule has 1 aromatic heterocycles. The molecule has 0 radical (unpaired) electrons. The molecule has 0 saturated heterocycles. The Bertz CT molecular complexity index is 1090. The molecule has 3 aromatic rings. The van der Waals surface area contributed by atoms with Crippen LogP contribution in [0.2, 0.25) is 0 Å². The van der Waals surface area contributed by atoms with Crippen LogP contribution in [0.15, 0.2) is 64.0 Å². The number of rotatable bonds is 8. The first kappa shape index (κ1) is 21.2. The van der Waals surface area contributed by atoms with Gasteiger partial charge in [-0.05, 0) is 48.5 Å². The van der Waals surface area contributed by atoms with Crippen molar-refractivity contribution >= 4 is 0 Å². The van der Waals surface area contributed by atoms with E-state index in [0.29, 0.717) is 18.9 Å². The van der Waals surface area contributed by atoms with Gasteiger partial charge in [0.15, 0.2) is 0 Å². The molecule has 0 amide bonds. The molecule has 0 aliphatic carbocycles. The van der Waals surface area contributed by atoms with Crippen LogP contribution in [-0.4, -0.2) is 31.0 Å². The third-order valence-corrected chi connectivity index (χ3v) is 5.35. The van der Waals surface area contributed by atoms with Crippen molar-refractivity contribution in [1.82, 2.24) is 9.80 Å². The molecule has 0 fully saturated rings. The summed E-state index contributed by atoms with van der Waals surface area (Å²) in [4.78, 5) is 16.8. The van der Waals surface area contributed by atoms with Crippen LogP contribution in [0.25, 0.3) is 0 Å². The molecule has 1 aliphatic heterocycles. The first-order valence-corrected chi connectivity index (χ1v) is 10.4. The summed E-state index contributed by atoms with van der Waals surface area (Å²) in [7, 11) is 5.76. The molecule has 2 aromatic carbocycles. The molecule has 0 atom stereocenters. The van der Waals surface area contributed by atoms with E-state index in [4.69, 9.17) is 13.9 Å².